The molecule has 2 aromatic rings. The van der Waals surface area contributed by atoms with Gasteiger partial charge in [0.15, 0.2) is 0 Å². The number of benzene rings is 1. The minimum absolute atomic E-state index is 0.302. The second-order valence-corrected chi connectivity index (χ2v) is 7.37. The number of hydrogen-bond donors (Lipinski definition) is 2. The second kappa shape index (κ2) is 6.52. The minimum atomic E-state index is -0.478. The van der Waals surface area contributed by atoms with Gasteiger partial charge in [0.05, 0.1) is 5.56 Å². The van der Waals surface area contributed by atoms with E-state index >= 15 is 0 Å². The van der Waals surface area contributed by atoms with Crippen LogP contribution in [0.3, 0.4) is 0 Å². The van der Waals surface area contributed by atoms with Crippen molar-refractivity contribution in [1.82, 2.24) is 4.98 Å². The maximum atomic E-state index is 14.7. The lowest BCUT2D eigenvalue weighted by molar-refractivity contribution is 0.204. The molecule has 0 aliphatic carbocycles. The van der Waals surface area contributed by atoms with Gasteiger partial charge in [-0.05, 0) is 25.3 Å². The SMILES string of the molecule is CC(C)C[C@](C)(N)COc1cc(F)c2c(c1)OCc1cnc(N)cc1-2. The van der Waals surface area contributed by atoms with Gasteiger partial charge in [-0.15, -0.1) is 0 Å². The highest BCUT2D eigenvalue weighted by molar-refractivity contribution is 5.77. The highest BCUT2D eigenvalue weighted by Gasteiger charge is 2.25. The Labute approximate surface area is 147 Å². The zero-order chi connectivity index (χ0) is 18.2. The summed E-state index contributed by atoms with van der Waals surface area (Å²) >= 11 is 0. The molecule has 1 aromatic carbocycles. The molecule has 1 aliphatic heterocycles. The third-order valence-corrected chi connectivity index (χ3v) is 4.13. The summed E-state index contributed by atoms with van der Waals surface area (Å²) in [7, 11) is 0. The molecule has 6 heteroatoms. The smallest absolute Gasteiger partial charge is 0.138 e. The van der Waals surface area contributed by atoms with Gasteiger partial charge in [-0.2, -0.15) is 0 Å². The Hall–Kier alpha value is -2.34. The number of aromatic nitrogens is 1. The van der Waals surface area contributed by atoms with E-state index in [4.69, 9.17) is 20.9 Å². The largest absolute Gasteiger partial charge is 0.491 e. The van der Waals surface area contributed by atoms with Crippen LogP contribution in [0, 0.1) is 11.7 Å². The van der Waals surface area contributed by atoms with E-state index < -0.39 is 11.4 Å². The predicted octanol–water partition coefficient (Wildman–Crippen LogP) is 3.50. The summed E-state index contributed by atoms with van der Waals surface area (Å²) in [4.78, 5) is 4.03. The maximum absolute atomic E-state index is 14.7. The number of hydrogen-bond acceptors (Lipinski definition) is 5. The number of halogens is 1. The van der Waals surface area contributed by atoms with Crippen LogP contribution in [-0.2, 0) is 6.61 Å². The van der Waals surface area contributed by atoms with Gasteiger partial charge in [0.2, 0.25) is 0 Å². The molecule has 0 saturated carbocycles. The van der Waals surface area contributed by atoms with Crippen molar-refractivity contribution in [2.24, 2.45) is 11.7 Å². The summed E-state index contributed by atoms with van der Waals surface area (Å²) in [6, 6.07) is 4.72. The van der Waals surface area contributed by atoms with Crippen LogP contribution < -0.4 is 20.9 Å². The van der Waals surface area contributed by atoms with Crippen LogP contribution in [0.4, 0.5) is 10.2 Å². The fourth-order valence-electron chi connectivity index (χ4n) is 3.26. The van der Waals surface area contributed by atoms with Crippen LogP contribution >= 0.6 is 0 Å². The number of nitrogen functional groups attached to an aromatic ring is 1. The van der Waals surface area contributed by atoms with E-state index in [1.807, 2.05) is 6.92 Å². The highest BCUT2D eigenvalue weighted by atomic mass is 19.1. The Kier molecular flexibility index (Phi) is 4.56. The molecule has 0 fully saturated rings. The van der Waals surface area contributed by atoms with Crippen LogP contribution in [0.1, 0.15) is 32.8 Å². The molecule has 134 valence electrons. The first-order valence-corrected chi connectivity index (χ1v) is 8.38. The summed E-state index contributed by atoms with van der Waals surface area (Å²) in [5.41, 5.74) is 13.4. The molecule has 0 spiro atoms. The number of rotatable bonds is 5. The summed E-state index contributed by atoms with van der Waals surface area (Å²) in [5, 5.41) is 0. The molecule has 25 heavy (non-hydrogen) atoms. The average Bonchev–Trinajstić information content (AvgIpc) is 2.51. The molecule has 1 aromatic heterocycles. The standard InChI is InChI=1S/C19H24FN3O2/c1-11(2)7-19(3,22)10-25-13-4-15(20)18-14-6-17(21)23-8-12(14)9-24-16(18)5-13/h4-6,8,11H,7,9-10,22H2,1-3H3,(H2,21,23)/t19-/m0/s1. The van der Waals surface area contributed by atoms with Gasteiger partial charge in [-0.25, -0.2) is 9.37 Å². The third kappa shape index (κ3) is 3.85. The van der Waals surface area contributed by atoms with Gasteiger partial charge in [-0.3, -0.25) is 0 Å². The Morgan fingerprint density at radius 3 is 2.84 bits per heavy atom. The lowest BCUT2D eigenvalue weighted by Crippen LogP contribution is -2.43. The highest BCUT2D eigenvalue weighted by Crippen LogP contribution is 2.42. The van der Waals surface area contributed by atoms with Crippen molar-refractivity contribution in [2.45, 2.75) is 39.3 Å². The molecule has 0 radical (unpaired) electrons. The van der Waals surface area contributed by atoms with E-state index in [9.17, 15) is 4.39 Å². The van der Waals surface area contributed by atoms with Crippen molar-refractivity contribution < 1.29 is 13.9 Å². The van der Waals surface area contributed by atoms with Gasteiger partial charge in [0.25, 0.3) is 0 Å². The number of pyridine rings is 1. The zero-order valence-electron chi connectivity index (χ0n) is 14.8. The van der Waals surface area contributed by atoms with Crippen molar-refractivity contribution in [3.8, 4) is 22.6 Å². The van der Waals surface area contributed by atoms with Crippen molar-refractivity contribution in [2.75, 3.05) is 12.3 Å². The summed E-state index contributed by atoms with van der Waals surface area (Å²) in [6.07, 6.45) is 2.43. The summed E-state index contributed by atoms with van der Waals surface area (Å²) in [5.74, 6) is 1.23. The Morgan fingerprint density at radius 2 is 2.12 bits per heavy atom. The normalized spacial score (nSPS) is 15.1. The van der Waals surface area contributed by atoms with Crippen LogP contribution in [0.5, 0.6) is 11.5 Å². The Bertz CT molecular complexity index is 790. The first kappa shape index (κ1) is 17.5. The number of ether oxygens (including phenoxy) is 2. The van der Waals surface area contributed by atoms with Crippen LogP contribution in [0.25, 0.3) is 11.1 Å². The summed E-state index contributed by atoms with van der Waals surface area (Å²) in [6.45, 7) is 6.77. The van der Waals surface area contributed by atoms with Crippen molar-refractivity contribution in [3.05, 3.63) is 35.8 Å². The van der Waals surface area contributed by atoms with Gasteiger partial charge in [0.1, 0.15) is 36.3 Å². The number of nitrogens with two attached hydrogens (primary N) is 2. The lowest BCUT2D eigenvalue weighted by Gasteiger charge is -2.27. The van der Waals surface area contributed by atoms with Gasteiger partial charge in [0, 0.05) is 35.0 Å². The zero-order valence-corrected chi connectivity index (χ0v) is 14.8. The molecule has 0 bridgehead atoms. The number of nitrogens with zero attached hydrogens (tertiary/aromatic N) is 1. The van der Waals surface area contributed by atoms with E-state index in [0.29, 0.717) is 47.6 Å². The fraction of sp³-hybridized carbons (Fsp3) is 0.421. The second-order valence-electron chi connectivity index (χ2n) is 7.37. The predicted molar refractivity (Wildman–Crippen MR) is 95.9 cm³/mol. The Morgan fingerprint density at radius 1 is 1.36 bits per heavy atom. The average molecular weight is 345 g/mol. The van der Waals surface area contributed by atoms with E-state index in [1.54, 1.807) is 18.3 Å². The maximum Gasteiger partial charge on any atom is 0.138 e. The monoisotopic (exact) mass is 345 g/mol. The molecule has 4 N–H and O–H groups in total. The molecule has 0 saturated heterocycles. The quantitative estimate of drug-likeness (QED) is 0.866. The number of fused-ring (bicyclic) bond motifs is 3. The molecular formula is C19H24FN3O2. The molecular weight excluding hydrogens is 321 g/mol. The molecule has 1 aliphatic rings. The molecule has 0 amide bonds. The third-order valence-electron chi connectivity index (χ3n) is 4.13. The van der Waals surface area contributed by atoms with Crippen molar-refractivity contribution in [3.63, 3.8) is 0 Å². The van der Waals surface area contributed by atoms with E-state index in [2.05, 4.69) is 18.8 Å². The fourth-order valence-corrected chi connectivity index (χ4v) is 3.26. The lowest BCUT2D eigenvalue weighted by atomic mass is 9.93. The van der Waals surface area contributed by atoms with Crippen LogP contribution in [0.15, 0.2) is 24.4 Å². The van der Waals surface area contributed by atoms with Gasteiger partial charge < -0.3 is 20.9 Å². The van der Waals surface area contributed by atoms with Crippen LogP contribution in [-0.4, -0.2) is 17.1 Å². The molecule has 1 atom stereocenters. The Balaban J connectivity index is 1.86. The minimum Gasteiger partial charge on any atom is -0.491 e. The van der Waals surface area contributed by atoms with E-state index in [-0.39, 0.29) is 0 Å². The first-order valence-electron chi connectivity index (χ1n) is 8.38. The van der Waals surface area contributed by atoms with Crippen LogP contribution in [0.2, 0.25) is 0 Å². The molecule has 2 heterocycles. The van der Waals surface area contributed by atoms with Crippen molar-refractivity contribution in [1.29, 1.82) is 0 Å². The summed E-state index contributed by atoms with van der Waals surface area (Å²) < 4.78 is 26.1. The van der Waals surface area contributed by atoms with Gasteiger partial charge >= 0.3 is 0 Å². The van der Waals surface area contributed by atoms with Crippen molar-refractivity contribution >= 4 is 5.82 Å². The molecule has 5 nitrogen and oxygen atoms in total. The van der Waals surface area contributed by atoms with E-state index in [0.717, 1.165) is 12.0 Å². The number of anilines is 1. The first-order chi connectivity index (χ1) is 11.7. The van der Waals surface area contributed by atoms with Gasteiger partial charge in [-0.1, -0.05) is 13.8 Å². The topological polar surface area (TPSA) is 83.4 Å². The molecule has 0 unspecified atom stereocenters. The van der Waals surface area contributed by atoms with E-state index in [1.165, 1.54) is 6.07 Å². The molecule has 3 rings (SSSR count).